The number of carbonyl (C=O) groups is 2. The normalized spacial score (nSPS) is 30.8. The fourth-order valence-electron chi connectivity index (χ4n) is 7.38. The smallest absolute Gasteiger partial charge is 0.416 e. The minimum Gasteiger partial charge on any atom is -0.497 e. The molecule has 37 heavy (non-hydrogen) atoms. The first-order chi connectivity index (χ1) is 17.1. The van der Waals surface area contributed by atoms with Crippen molar-refractivity contribution in [3.05, 3.63) is 23.8 Å². The molecule has 0 aromatic heterocycles. The number of nitrogens with zero attached hydrogens (tertiary/aromatic N) is 2. The van der Waals surface area contributed by atoms with Gasteiger partial charge in [-0.2, -0.15) is 0 Å². The van der Waals surface area contributed by atoms with E-state index in [4.69, 9.17) is 13.9 Å². The Morgan fingerprint density at radius 1 is 1.14 bits per heavy atom. The van der Waals surface area contributed by atoms with Gasteiger partial charge in [0.05, 0.1) is 12.8 Å². The van der Waals surface area contributed by atoms with Crippen molar-refractivity contribution in [1.29, 1.82) is 0 Å². The molecule has 7 nitrogen and oxygen atoms in total. The Balaban J connectivity index is 1.71. The van der Waals surface area contributed by atoms with Crippen LogP contribution in [0.5, 0.6) is 5.75 Å². The Labute approximate surface area is 222 Å². The highest BCUT2D eigenvalue weighted by Gasteiger charge is 2.77. The van der Waals surface area contributed by atoms with Crippen molar-refractivity contribution in [3.63, 3.8) is 0 Å². The maximum Gasteiger partial charge on any atom is 0.416 e. The fraction of sp³-hybridized carbons (Fsp3) is 0.724. The van der Waals surface area contributed by atoms with Gasteiger partial charge in [0.15, 0.2) is 8.32 Å². The maximum atomic E-state index is 14.0. The minimum absolute atomic E-state index is 0.0863. The summed E-state index contributed by atoms with van der Waals surface area (Å²) in [6.45, 7) is 18.3. The molecule has 4 atom stereocenters. The molecule has 4 aliphatic heterocycles. The molecule has 6 rings (SSSR count). The van der Waals surface area contributed by atoms with Crippen LogP contribution in [0.25, 0.3) is 0 Å². The van der Waals surface area contributed by atoms with Gasteiger partial charge in [-0.15, -0.1) is 0 Å². The third-order valence-electron chi connectivity index (χ3n) is 10.00. The molecule has 2 amide bonds. The number of rotatable bonds is 4. The van der Waals surface area contributed by atoms with Crippen LogP contribution in [0.1, 0.15) is 72.8 Å². The molecule has 1 saturated carbocycles. The molecule has 0 N–H and O–H groups in total. The van der Waals surface area contributed by atoms with E-state index in [0.29, 0.717) is 19.6 Å². The van der Waals surface area contributed by atoms with Gasteiger partial charge in [0.2, 0.25) is 5.91 Å². The lowest BCUT2D eigenvalue weighted by atomic mass is 9.55. The van der Waals surface area contributed by atoms with E-state index in [1.54, 1.807) is 7.11 Å². The molecule has 4 fully saturated rings. The highest BCUT2D eigenvalue weighted by molar-refractivity contribution is 6.74. The standard InChI is InChI=1S/C29H44N2O5Si/c1-26(2,3)36-25(33)31-23-11-10-20(34-7)17-21(23)28-14-15-30-24(32)16-19(12-13-29(28,30)31)22(28)18-35-37(8,9)27(4,5)6/h10-11,17,19,22H,12-16,18H2,1-9H3/t19-,22+,28-,29?/m0/s1. The van der Waals surface area contributed by atoms with Crippen LogP contribution in [-0.2, 0) is 19.4 Å². The zero-order chi connectivity index (χ0) is 27.2. The molecule has 5 aliphatic rings. The Bertz CT molecular complexity index is 1120. The van der Waals surface area contributed by atoms with E-state index in [1.165, 1.54) is 0 Å². The van der Waals surface area contributed by atoms with E-state index in [0.717, 1.165) is 36.3 Å². The fourth-order valence-corrected chi connectivity index (χ4v) is 8.41. The number of ether oxygens (including phenoxy) is 2. The summed E-state index contributed by atoms with van der Waals surface area (Å²) in [6.07, 6.45) is 2.57. The molecule has 4 bridgehead atoms. The van der Waals surface area contributed by atoms with Crippen LogP contribution in [0.4, 0.5) is 10.5 Å². The van der Waals surface area contributed by atoms with Gasteiger partial charge in [0.25, 0.3) is 0 Å². The van der Waals surface area contributed by atoms with E-state index in [-0.39, 0.29) is 28.9 Å². The quantitative estimate of drug-likeness (QED) is 0.444. The molecular weight excluding hydrogens is 484 g/mol. The number of carbonyl (C=O) groups excluding carboxylic acids is 2. The Morgan fingerprint density at radius 3 is 2.46 bits per heavy atom. The third-order valence-corrected chi connectivity index (χ3v) is 14.5. The molecule has 8 heteroatoms. The van der Waals surface area contributed by atoms with E-state index in [2.05, 4.69) is 39.9 Å². The SMILES string of the molecule is COc1ccc2c(c1)[C@]13CCN4C(=O)C[C@H](CCC41N2C(=O)OC(C)(C)C)[C@H]3CO[Si](C)(C)C(C)(C)C. The van der Waals surface area contributed by atoms with Crippen LogP contribution in [0, 0.1) is 11.8 Å². The zero-order valence-electron chi connectivity index (χ0n) is 24.1. The number of fused-ring (bicyclic) bond motifs is 3. The van der Waals surface area contributed by atoms with Crippen LogP contribution in [0.3, 0.4) is 0 Å². The van der Waals surface area contributed by atoms with Crippen molar-refractivity contribution in [2.24, 2.45) is 11.8 Å². The van der Waals surface area contributed by atoms with Gasteiger partial charge in [-0.25, -0.2) is 4.79 Å². The lowest BCUT2D eigenvalue weighted by Crippen LogP contribution is -2.69. The first kappa shape index (κ1) is 26.5. The molecular formula is C29H44N2O5Si. The average molecular weight is 529 g/mol. The Hall–Kier alpha value is -2.06. The van der Waals surface area contributed by atoms with Gasteiger partial charge in [-0.3, -0.25) is 9.69 Å². The monoisotopic (exact) mass is 528 g/mol. The van der Waals surface area contributed by atoms with E-state index in [9.17, 15) is 9.59 Å². The van der Waals surface area contributed by atoms with Gasteiger partial charge in [-0.1, -0.05) is 20.8 Å². The molecule has 4 heterocycles. The number of benzene rings is 1. The average Bonchev–Trinajstić information content (AvgIpc) is 3.16. The van der Waals surface area contributed by atoms with Crippen molar-refractivity contribution < 1.29 is 23.5 Å². The molecule has 1 unspecified atom stereocenters. The summed E-state index contributed by atoms with van der Waals surface area (Å²) in [5.74, 6) is 1.24. The van der Waals surface area contributed by atoms with Crippen molar-refractivity contribution in [2.75, 3.05) is 25.2 Å². The predicted molar refractivity (Wildman–Crippen MR) is 146 cm³/mol. The molecule has 1 aliphatic carbocycles. The number of anilines is 1. The first-order valence-corrected chi connectivity index (χ1v) is 16.7. The highest BCUT2D eigenvalue weighted by Crippen LogP contribution is 2.70. The topological polar surface area (TPSA) is 68.3 Å². The van der Waals surface area contributed by atoms with Crippen LogP contribution >= 0.6 is 0 Å². The second-order valence-electron chi connectivity index (χ2n) is 14.0. The van der Waals surface area contributed by atoms with Gasteiger partial charge < -0.3 is 18.8 Å². The molecule has 204 valence electrons. The lowest BCUT2D eigenvalue weighted by Gasteiger charge is -2.55. The Morgan fingerprint density at radius 2 is 1.84 bits per heavy atom. The molecule has 1 aromatic rings. The van der Waals surface area contributed by atoms with Crippen LogP contribution in [-0.4, -0.2) is 56.7 Å². The molecule has 1 spiro atoms. The summed E-state index contributed by atoms with van der Waals surface area (Å²) in [7, 11) is -0.359. The van der Waals surface area contributed by atoms with Crippen molar-refractivity contribution >= 4 is 26.0 Å². The molecule has 3 saturated heterocycles. The molecule has 0 radical (unpaired) electrons. The predicted octanol–water partition coefficient (Wildman–Crippen LogP) is 6.07. The first-order valence-electron chi connectivity index (χ1n) is 13.8. The maximum absolute atomic E-state index is 14.0. The van der Waals surface area contributed by atoms with Gasteiger partial charge in [-0.05, 0) is 93.8 Å². The van der Waals surface area contributed by atoms with E-state index in [1.807, 2.05) is 42.7 Å². The highest BCUT2D eigenvalue weighted by atomic mass is 28.4. The van der Waals surface area contributed by atoms with Crippen molar-refractivity contribution in [2.45, 2.75) is 102 Å². The second-order valence-corrected chi connectivity index (χ2v) is 18.8. The zero-order valence-corrected chi connectivity index (χ0v) is 25.1. The van der Waals surface area contributed by atoms with Gasteiger partial charge >= 0.3 is 6.09 Å². The van der Waals surface area contributed by atoms with Gasteiger partial charge in [0.1, 0.15) is 17.0 Å². The number of amides is 2. The molecule has 1 aromatic carbocycles. The van der Waals surface area contributed by atoms with Crippen LogP contribution < -0.4 is 9.64 Å². The summed E-state index contributed by atoms with van der Waals surface area (Å²) in [6, 6.07) is 6.00. The van der Waals surface area contributed by atoms with Crippen molar-refractivity contribution in [3.8, 4) is 5.75 Å². The summed E-state index contributed by atoms with van der Waals surface area (Å²) in [5.41, 5.74) is 0.0816. The van der Waals surface area contributed by atoms with Gasteiger partial charge in [0, 0.05) is 25.0 Å². The number of methoxy groups -OCH3 is 1. The largest absolute Gasteiger partial charge is 0.497 e. The van der Waals surface area contributed by atoms with E-state index >= 15 is 0 Å². The summed E-state index contributed by atoms with van der Waals surface area (Å²) >= 11 is 0. The van der Waals surface area contributed by atoms with Crippen molar-refractivity contribution in [1.82, 2.24) is 4.90 Å². The Kier molecular flexibility index (Phi) is 5.89. The third kappa shape index (κ3) is 3.61. The number of hydrogen-bond donors (Lipinski definition) is 0. The minimum atomic E-state index is -2.04. The van der Waals surface area contributed by atoms with Crippen LogP contribution in [0.15, 0.2) is 18.2 Å². The summed E-state index contributed by atoms with van der Waals surface area (Å²) in [4.78, 5) is 31.7. The summed E-state index contributed by atoms with van der Waals surface area (Å²) in [5, 5.41) is 0.0863. The number of hydrogen-bond acceptors (Lipinski definition) is 5. The van der Waals surface area contributed by atoms with E-state index < -0.39 is 25.0 Å². The van der Waals surface area contributed by atoms with Crippen LogP contribution in [0.2, 0.25) is 18.1 Å². The second kappa shape index (κ2) is 8.22. The lowest BCUT2D eigenvalue weighted by molar-refractivity contribution is -0.134. The summed E-state index contributed by atoms with van der Waals surface area (Å²) < 4.78 is 18.6.